The van der Waals surface area contributed by atoms with Crippen LogP contribution in [0.1, 0.15) is 44.1 Å². The Bertz CT molecular complexity index is 359. The van der Waals surface area contributed by atoms with Gasteiger partial charge in [-0.1, -0.05) is 25.0 Å². The average molecular weight is 237 g/mol. The van der Waals surface area contributed by atoms with Gasteiger partial charge in [-0.25, -0.2) is 4.39 Å². The second-order valence-electron chi connectivity index (χ2n) is 4.66. The number of ether oxygens (including phenoxy) is 1. The minimum atomic E-state index is -0.294. The van der Waals surface area contributed by atoms with Gasteiger partial charge in [0.25, 0.3) is 0 Å². The van der Waals surface area contributed by atoms with Crippen LogP contribution in [0.4, 0.5) is 4.39 Å². The number of benzene rings is 1. The summed E-state index contributed by atoms with van der Waals surface area (Å²) in [6.45, 7) is 0.319. The van der Waals surface area contributed by atoms with E-state index in [4.69, 9.17) is 10.5 Å². The maximum Gasteiger partial charge on any atom is 0.165 e. The van der Waals surface area contributed by atoms with E-state index in [0.29, 0.717) is 12.3 Å². The topological polar surface area (TPSA) is 35.2 Å². The van der Waals surface area contributed by atoms with E-state index in [0.717, 1.165) is 18.4 Å². The van der Waals surface area contributed by atoms with Gasteiger partial charge in [-0.2, -0.15) is 0 Å². The van der Waals surface area contributed by atoms with Crippen molar-refractivity contribution in [2.24, 2.45) is 5.73 Å². The summed E-state index contributed by atoms with van der Waals surface area (Å²) in [5.74, 6) is 0.0686. The normalized spacial score (nSPS) is 17.8. The predicted molar refractivity (Wildman–Crippen MR) is 66.4 cm³/mol. The van der Waals surface area contributed by atoms with Crippen LogP contribution in [-0.2, 0) is 6.54 Å². The maximum atomic E-state index is 13.7. The van der Waals surface area contributed by atoms with Gasteiger partial charge in [-0.15, -0.1) is 0 Å². The van der Waals surface area contributed by atoms with Crippen molar-refractivity contribution in [3.8, 4) is 5.75 Å². The van der Waals surface area contributed by atoms with Crippen molar-refractivity contribution in [1.82, 2.24) is 0 Å². The van der Waals surface area contributed by atoms with E-state index in [-0.39, 0.29) is 11.9 Å². The third kappa shape index (κ3) is 3.19. The molecule has 0 spiro atoms. The van der Waals surface area contributed by atoms with Gasteiger partial charge in [0.1, 0.15) is 0 Å². The minimum Gasteiger partial charge on any atom is -0.487 e. The summed E-state index contributed by atoms with van der Waals surface area (Å²) in [6.07, 6.45) is 7.09. The molecule has 17 heavy (non-hydrogen) atoms. The monoisotopic (exact) mass is 237 g/mol. The molecule has 0 atom stereocenters. The van der Waals surface area contributed by atoms with E-state index in [1.165, 1.54) is 31.7 Å². The van der Waals surface area contributed by atoms with Crippen LogP contribution in [0.25, 0.3) is 0 Å². The SMILES string of the molecule is NCc1cccc(F)c1OC1CCCCCC1. The lowest BCUT2D eigenvalue weighted by molar-refractivity contribution is 0.174. The van der Waals surface area contributed by atoms with Crippen LogP contribution < -0.4 is 10.5 Å². The first-order valence-electron chi connectivity index (χ1n) is 6.45. The molecule has 94 valence electrons. The van der Waals surface area contributed by atoms with Gasteiger partial charge in [-0.3, -0.25) is 0 Å². The van der Waals surface area contributed by atoms with Crippen LogP contribution in [0.2, 0.25) is 0 Å². The maximum absolute atomic E-state index is 13.7. The number of hydrogen-bond donors (Lipinski definition) is 1. The van der Waals surface area contributed by atoms with E-state index < -0.39 is 0 Å². The third-order valence-electron chi connectivity index (χ3n) is 3.36. The average Bonchev–Trinajstić information content (AvgIpc) is 2.60. The Labute approximate surface area is 102 Å². The van der Waals surface area contributed by atoms with Gasteiger partial charge in [-0.05, 0) is 31.7 Å². The Morgan fingerprint density at radius 2 is 1.88 bits per heavy atom. The summed E-state index contributed by atoms with van der Waals surface area (Å²) in [5.41, 5.74) is 6.37. The molecule has 1 aliphatic carbocycles. The second-order valence-corrected chi connectivity index (χ2v) is 4.66. The Morgan fingerprint density at radius 3 is 2.53 bits per heavy atom. The highest BCUT2D eigenvalue weighted by molar-refractivity contribution is 5.35. The lowest BCUT2D eigenvalue weighted by Crippen LogP contribution is -2.17. The minimum absolute atomic E-state index is 0.152. The molecule has 0 saturated heterocycles. The highest BCUT2D eigenvalue weighted by Crippen LogP contribution is 2.27. The zero-order chi connectivity index (χ0) is 12.1. The Kier molecular flexibility index (Phi) is 4.37. The van der Waals surface area contributed by atoms with Crippen LogP contribution in [0.3, 0.4) is 0 Å². The lowest BCUT2D eigenvalue weighted by Gasteiger charge is -2.19. The standard InChI is InChI=1S/C14H20FNO/c15-13-9-5-6-11(10-16)14(13)17-12-7-3-1-2-4-8-12/h5-6,9,12H,1-4,7-8,10,16H2. The number of halogens is 1. The fraction of sp³-hybridized carbons (Fsp3) is 0.571. The number of hydrogen-bond acceptors (Lipinski definition) is 2. The van der Waals surface area contributed by atoms with Gasteiger partial charge in [0, 0.05) is 12.1 Å². The van der Waals surface area contributed by atoms with Crippen LogP contribution >= 0.6 is 0 Å². The summed E-state index contributed by atoms with van der Waals surface area (Å²) in [6, 6.07) is 4.94. The first kappa shape index (κ1) is 12.4. The van der Waals surface area contributed by atoms with Crippen LogP contribution in [0, 0.1) is 5.82 Å². The number of nitrogens with two attached hydrogens (primary N) is 1. The first-order chi connectivity index (χ1) is 8.31. The van der Waals surface area contributed by atoms with Crippen molar-refractivity contribution in [3.63, 3.8) is 0 Å². The van der Waals surface area contributed by atoms with Crippen LogP contribution in [0.5, 0.6) is 5.75 Å². The molecule has 0 aromatic heterocycles. The van der Waals surface area contributed by atoms with E-state index in [9.17, 15) is 4.39 Å². The summed E-state index contributed by atoms with van der Waals surface area (Å²) in [4.78, 5) is 0. The summed E-state index contributed by atoms with van der Waals surface area (Å²) < 4.78 is 19.5. The fourth-order valence-electron chi connectivity index (χ4n) is 2.37. The van der Waals surface area contributed by atoms with Crippen molar-refractivity contribution in [2.45, 2.75) is 51.2 Å². The molecule has 3 heteroatoms. The zero-order valence-corrected chi connectivity index (χ0v) is 10.1. The molecule has 0 radical (unpaired) electrons. The molecule has 0 unspecified atom stereocenters. The molecule has 2 N–H and O–H groups in total. The van der Waals surface area contributed by atoms with E-state index in [1.807, 2.05) is 6.07 Å². The van der Waals surface area contributed by atoms with Crippen molar-refractivity contribution < 1.29 is 9.13 Å². The van der Waals surface area contributed by atoms with Gasteiger partial charge in [0.15, 0.2) is 11.6 Å². The zero-order valence-electron chi connectivity index (χ0n) is 10.1. The molecule has 1 aliphatic rings. The van der Waals surface area contributed by atoms with Crippen molar-refractivity contribution in [2.75, 3.05) is 0 Å². The molecule has 0 heterocycles. The molecular weight excluding hydrogens is 217 g/mol. The van der Waals surface area contributed by atoms with Crippen molar-refractivity contribution >= 4 is 0 Å². The smallest absolute Gasteiger partial charge is 0.165 e. The van der Waals surface area contributed by atoms with Crippen molar-refractivity contribution in [1.29, 1.82) is 0 Å². The quantitative estimate of drug-likeness (QED) is 0.818. The summed E-state index contributed by atoms with van der Waals surface area (Å²) in [5, 5.41) is 0. The van der Waals surface area contributed by atoms with Crippen LogP contribution in [-0.4, -0.2) is 6.10 Å². The Hall–Kier alpha value is -1.09. The highest BCUT2D eigenvalue weighted by Gasteiger charge is 2.17. The van der Waals surface area contributed by atoms with Crippen molar-refractivity contribution in [3.05, 3.63) is 29.6 Å². The highest BCUT2D eigenvalue weighted by atomic mass is 19.1. The summed E-state index contributed by atoms with van der Waals surface area (Å²) >= 11 is 0. The van der Waals surface area contributed by atoms with E-state index >= 15 is 0 Å². The van der Waals surface area contributed by atoms with Crippen LogP contribution in [0.15, 0.2) is 18.2 Å². The van der Waals surface area contributed by atoms with Gasteiger partial charge < -0.3 is 10.5 Å². The molecule has 0 amide bonds. The predicted octanol–water partition coefficient (Wildman–Crippen LogP) is 3.39. The second kappa shape index (κ2) is 6.01. The lowest BCUT2D eigenvalue weighted by atomic mass is 10.1. The molecular formula is C14H20FNO. The molecule has 2 nitrogen and oxygen atoms in total. The number of para-hydroxylation sites is 1. The summed E-state index contributed by atoms with van der Waals surface area (Å²) in [7, 11) is 0. The number of rotatable bonds is 3. The third-order valence-corrected chi connectivity index (χ3v) is 3.36. The van der Waals surface area contributed by atoms with Gasteiger partial charge >= 0.3 is 0 Å². The Balaban J connectivity index is 2.11. The molecule has 0 aliphatic heterocycles. The molecule has 1 aromatic rings. The van der Waals surface area contributed by atoms with E-state index in [2.05, 4.69) is 0 Å². The first-order valence-corrected chi connectivity index (χ1v) is 6.45. The molecule has 1 saturated carbocycles. The van der Waals surface area contributed by atoms with E-state index in [1.54, 1.807) is 6.07 Å². The molecule has 0 bridgehead atoms. The Morgan fingerprint density at radius 1 is 1.18 bits per heavy atom. The largest absolute Gasteiger partial charge is 0.487 e. The molecule has 1 aromatic carbocycles. The molecule has 1 fully saturated rings. The van der Waals surface area contributed by atoms with Gasteiger partial charge in [0.2, 0.25) is 0 Å². The van der Waals surface area contributed by atoms with Gasteiger partial charge in [0.05, 0.1) is 6.10 Å². The fourth-order valence-corrected chi connectivity index (χ4v) is 2.37. The molecule has 2 rings (SSSR count).